The predicted octanol–water partition coefficient (Wildman–Crippen LogP) is 3.55. The average Bonchev–Trinajstić information content (AvgIpc) is 3.19. The zero-order valence-corrected chi connectivity index (χ0v) is 15.0. The maximum atomic E-state index is 11.2. The normalized spacial score (nSPS) is 17.7. The summed E-state index contributed by atoms with van der Waals surface area (Å²) < 4.78 is 0. The van der Waals surface area contributed by atoms with Crippen molar-refractivity contribution >= 4 is 5.97 Å². The number of benzene rings is 2. The molecule has 138 valence electrons. The van der Waals surface area contributed by atoms with Gasteiger partial charge in [-0.05, 0) is 37.1 Å². The Morgan fingerprint density at radius 2 is 2.04 bits per heavy atom. The van der Waals surface area contributed by atoms with E-state index in [9.17, 15) is 4.79 Å². The van der Waals surface area contributed by atoms with Gasteiger partial charge in [0.1, 0.15) is 5.82 Å². The molecule has 2 N–H and O–H groups in total. The number of hydrogen-bond acceptors (Lipinski definition) is 4. The van der Waals surface area contributed by atoms with Crippen LogP contribution in [0.15, 0.2) is 54.6 Å². The highest BCUT2D eigenvalue weighted by Crippen LogP contribution is 2.27. The molecule has 6 heteroatoms. The van der Waals surface area contributed by atoms with Crippen molar-refractivity contribution in [3.05, 3.63) is 71.5 Å². The van der Waals surface area contributed by atoms with Crippen LogP contribution in [0, 0.1) is 0 Å². The van der Waals surface area contributed by atoms with E-state index in [1.54, 1.807) is 12.1 Å². The minimum absolute atomic E-state index is 0.311. The van der Waals surface area contributed by atoms with E-state index in [0.29, 0.717) is 11.5 Å². The number of carboxylic acid groups (broad SMARTS) is 1. The van der Waals surface area contributed by atoms with Gasteiger partial charge in [0.25, 0.3) is 0 Å². The van der Waals surface area contributed by atoms with E-state index in [4.69, 9.17) is 10.1 Å². The smallest absolute Gasteiger partial charge is 0.335 e. The van der Waals surface area contributed by atoms with Crippen molar-refractivity contribution in [2.24, 2.45) is 0 Å². The van der Waals surface area contributed by atoms with Gasteiger partial charge in [-0.1, -0.05) is 42.5 Å². The highest BCUT2D eigenvalue weighted by atomic mass is 16.4. The molecule has 1 aliphatic heterocycles. The number of hydrogen-bond donors (Lipinski definition) is 2. The molecule has 1 unspecified atom stereocenters. The predicted molar refractivity (Wildman–Crippen MR) is 102 cm³/mol. The molecule has 27 heavy (non-hydrogen) atoms. The lowest BCUT2D eigenvalue weighted by atomic mass is 9.96. The van der Waals surface area contributed by atoms with Crippen LogP contribution in [-0.4, -0.2) is 44.2 Å². The van der Waals surface area contributed by atoms with Gasteiger partial charge in [-0.2, -0.15) is 5.10 Å². The van der Waals surface area contributed by atoms with Crippen LogP contribution in [0.4, 0.5) is 0 Å². The van der Waals surface area contributed by atoms with Gasteiger partial charge in [-0.15, -0.1) is 0 Å². The molecule has 6 nitrogen and oxygen atoms in total. The monoisotopic (exact) mass is 362 g/mol. The van der Waals surface area contributed by atoms with E-state index in [2.05, 4.69) is 15.1 Å². The van der Waals surface area contributed by atoms with E-state index >= 15 is 0 Å². The van der Waals surface area contributed by atoms with E-state index in [-0.39, 0.29) is 0 Å². The van der Waals surface area contributed by atoms with Gasteiger partial charge >= 0.3 is 5.97 Å². The molecule has 0 amide bonds. The number of nitrogens with one attached hydrogen (secondary N) is 1. The standard InChI is InChI=1S/C21H22N4O2/c26-21(27)17-9-4-6-15(12-17)13-25-11-5-10-18(14-25)20-22-19(23-24-20)16-7-2-1-3-8-16/h1-4,6-9,12,18H,5,10-11,13-14H2,(H,26,27)(H,22,23,24). The van der Waals surface area contributed by atoms with Gasteiger partial charge in [-0.25, -0.2) is 9.78 Å². The summed E-state index contributed by atoms with van der Waals surface area (Å²) in [6.45, 7) is 2.64. The molecule has 0 radical (unpaired) electrons. The average molecular weight is 362 g/mol. The number of carbonyl (C=O) groups is 1. The third-order valence-corrected chi connectivity index (χ3v) is 5.01. The fraction of sp³-hybridized carbons (Fsp3) is 0.286. The fourth-order valence-corrected chi connectivity index (χ4v) is 3.66. The van der Waals surface area contributed by atoms with Gasteiger partial charge in [0.15, 0.2) is 5.82 Å². The van der Waals surface area contributed by atoms with Crippen LogP contribution in [0.5, 0.6) is 0 Å². The van der Waals surface area contributed by atoms with Crippen LogP contribution < -0.4 is 0 Å². The zero-order valence-electron chi connectivity index (χ0n) is 15.0. The van der Waals surface area contributed by atoms with E-state index in [0.717, 1.165) is 55.3 Å². The van der Waals surface area contributed by atoms with Crippen LogP contribution in [0.3, 0.4) is 0 Å². The Kier molecular flexibility index (Phi) is 4.98. The Morgan fingerprint density at radius 3 is 2.85 bits per heavy atom. The fourth-order valence-electron chi connectivity index (χ4n) is 3.66. The van der Waals surface area contributed by atoms with Crippen LogP contribution in [-0.2, 0) is 6.54 Å². The second kappa shape index (κ2) is 7.72. The molecule has 1 aromatic heterocycles. The number of aromatic carboxylic acids is 1. The molecule has 4 rings (SSSR count). The summed E-state index contributed by atoms with van der Waals surface area (Å²) in [4.78, 5) is 18.2. The van der Waals surface area contributed by atoms with Gasteiger partial charge in [-0.3, -0.25) is 10.00 Å². The van der Waals surface area contributed by atoms with Crippen LogP contribution in [0.25, 0.3) is 11.4 Å². The number of aromatic nitrogens is 3. The summed E-state index contributed by atoms with van der Waals surface area (Å²) in [5.74, 6) is 1.09. The summed E-state index contributed by atoms with van der Waals surface area (Å²) in [6.07, 6.45) is 2.17. The summed E-state index contributed by atoms with van der Waals surface area (Å²) in [5, 5.41) is 16.7. The van der Waals surface area contributed by atoms with E-state index in [1.165, 1.54) is 0 Å². The van der Waals surface area contributed by atoms with Gasteiger partial charge in [0.2, 0.25) is 0 Å². The Labute approximate surface area is 157 Å². The topological polar surface area (TPSA) is 82.1 Å². The van der Waals surface area contributed by atoms with Crippen molar-refractivity contribution in [2.75, 3.05) is 13.1 Å². The molecule has 1 fully saturated rings. The molecule has 1 saturated heterocycles. The highest BCUT2D eigenvalue weighted by molar-refractivity contribution is 5.87. The SMILES string of the molecule is O=C(O)c1cccc(CN2CCCC(c3nc(-c4ccccc4)n[nH]3)C2)c1. The first-order valence-corrected chi connectivity index (χ1v) is 9.21. The maximum absolute atomic E-state index is 11.2. The quantitative estimate of drug-likeness (QED) is 0.725. The van der Waals surface area contributed by atoms with Crippen molar-refractivity contribution in [3.8, 4) is 11.4 Å². The molecule has 0 spiro atoms. The lowest BCUT2D eigenvalue weighted by Crippen LogP contribution is -2.34. The van der Waals surface area contributed by atoms with Crippen molar-refractivity contribution in [1.82, 2.24) is 20.1 Å². The number of carboxylic acids is 1. The third kappa shape index (κ3) is 4.06. The molecule has 1 atom stereocenters. The number of piperidine rings is 1. The first kappa shape index (κ1) is 17.4. The molecule has 2 aromatic carbocycles. The molecule has 0 bridgehead atoms. The number of nitrogens with zero attached hydrogens (tertiary/aromatic N) is 3. The second-order valence-corrected chi connectivity index (χ2v) is 6.99. The summed E-state index contributed by atoms with van der Waals surface area (Å²) in [6, 6.07) is 17.2. The van der Waals surface area contributed by atoms with E-state index in [1.807, 2.05) is 42.5 Å². The van der Waals surface area contributed by atoms with Gasteiger partial charge in [0.05, 0.1) is 5.56 Å². The number of aromatic amines is 1. The second-order valence-electron chi connectivity index (χ2n) is 6.99. The van der Waals surface area contributed by atoms with E-state index < -0.39 is 5.97 Å². The largest absolute Gasteiger partial charge is 0.478 e. The molecular weight excluding hydrogens is 340 g/mol. The van der Waals surface area contributed by atoms with Gasteiger partial charge in [0, 0.05) is 24.6 Å². The van der Waals surface area contributed by atoms with Crippen molar-refractivity contribution in [1.29, 1.82) is 0 Å². The molecule has 0 aliphatic carbocycles. The summed E-state index contributed by atoms with van der Waals surface area (Å²) >= 11 is 0. The third-order valence-electron chi connectivity index (χ3n) is 5.01. The maximum Gasteiger partial charge on any atom is 0.335 e. The molecule has 0 saturated carbocycles. The Hall–Kier alpha value is -2.99. The van der Waals surface area contributed by atoms with Crippen LogP contribution in [0.2, 0.25) is 0 Å². The minimum atomic E-state index is -0.886. The zero-order chi connectivity index (χ0) is 18.6. The van der Waals surface area contributed by atoms with Crippen molar-refractivity contribution < 1.29 is 9.90 Å². The van der Waals surface area contributed by atoms with Crippen LogP contribution in [0.1, 0.15) is 40.5 Å². The van der Waals surface area contributed by atoms with Crippen LogP contribution >= 0.6 is 0 Å². The number of H-pyrrole nitrogens is 1. The lowest BCUT2D eigenvalue weighted by molar-refractivity contribution is 0.0696. The molecule has 1 aliphatic rings. The van der Waals surface area contributed by atoms with Crippen molar-refractivity contribution in [3.63, 3.8) is 0 Å². The summed E-state index contributed by atoms with van der Waals surface area (Å²) in [7, 11) is 0. The Balaban J connectivity index is 1.45. The number of likely N-dealkylation sites (tertiary alicyclic amines) is 1. The Morgan fingerprint density at radius 1 is 1.19 bits per heavy atom. The van der Waals surface area contributed by atoms with Gasteiger partial charge < -0.3 is 5.11 Å². The first-order valence-electron chi connectivity index (χ1n) is 9.21. The molecule has 3 aromatic rings. The Bertz CT molecular complexity index is 923. The summed E-state index contributed by atoms with van der Waals surface area (Å²) in [5.41, 5.74) is 2.38. The first-order chi connectivity index (χ1) is 13.2. The number of rotatable bonds is 5. The van der Waals surface area contributed by atoms with Crippen molar-refractivity contribution in [2.45, 2.75) is 25.3 Å². The minimum Gasteiger partial charge on any atom is -0.478 e. The molecular formula is C21H22N4O2. The lowest BCUT2D eigenvalue weighted by Gasteiger charge is -2.31. The molecule has 2 heterocycles. The highest BCUT2D eigenvalue weighted by Gasteiger charge is 2.24.